The third-order valence-corrected chi connectivity index (χ3v) is 3.49. The summed E-state index contributed by atoms with van der Waals surface area (Å²) in [7, 11) is 1.64. The van der Waals surface area contributed by atoms with Gasteiger partial charge in [-0.1, -0.05) is 12.1 Å². The van der Waals surface area contributed by atoms with Gasteiger partial charge in [0.15, 0.2) is 0 Å². The molecule has 1 aromatic rings. The molecule has 0 atom stereocenters. The standard InChI is InChI=1S/C14H20N2O3/c1-18-12-4-2-11(3-5-12)6-7-16-13(17)14(8-15)9-19-10-14/h2-5H,6-10,15H2,1H3,(H,16,17). The third-order valence-electron chi connectivity index (χ3n) is 3.49. The Morgan fingerprint density at radius 3 is 2.58 bits per heavy atom. The minimum Gasteiger partial charge on any atom is -0.497 e. The molecule has 5 heteroatoms. The molecule has 19 heavy (non-hydrogen) atoms. The summed E-state index contributed by atoms with van der Waals surface area (Å²) in [6, 6.07) is 7.82. The van der Waals surface area contributed by atoms with Crippen LogP contribution in [0.25, 0.3) is 0 Å². The maximum atomic E-state index is 12.0. The minimum absolute atomic E-state index is 0.00485. The van der Waals surface area contributed by atoms with Crippen molar-refractivity contribution >= 4 is 5.91 Å². The lowest BCUT2D eigenvalue weighted by Gasteiger charge is -2.38. The van der Waals surface area contributed by atoms with Gasteiger partial charge < -0.3 is 20.5 Å². The number of methoxy groups -OCH3 is 1. The van der Waals surface area contributed by atoms with E-state index in [4.69, 9.17) is 15.2 Å². The van der Waals surface area contributed by atoms with Crippen molar-refractivity contribution in [2.24, 2.45) is 11.1 Å². The molecule has 1 amide bonds. The number of benzene rings is 1. The summed E-state index contributed by atoms with van der Waals surface area (Å²) >= 11 is 0. The van der Waals surface area contributed by atoms with E-state index in [0.717, 1.165) is 17.7 Å². The fourth-order valence-electron chi connectivity index (χ4n) is 1.99. The highest BCUT2D eigenvalue weighted by molar-refractivity contribution is 5.84. The summed E-state index contributed by atoms with van der Waals surface area (Å²) in [5.74, 6) is 0.830. The van der Waals surface area contributed by atoms with Gasteiger partial charge in [-0.05, 0) is 24.1 Å². The zero-order chi connectivity index (χ0) is 13.7. The number of carbonyl (C=O) groups is 1. The molecule has 0 bridgehead atoms. The fraction of sp³-hybridized carbons (Fsp3) is 0.500. The van der Waals surface area contributed by atoms with E-state index >= 15 is 0 Å². The van der Waals surface area contributed by atoms with Gasteiger partial charge in [-0.15, -0.1) is 0 Å². The van der Waals surface area contributed by atoms with Crippen LogP contribution >= 0.6 is 0 Å². The summed E-state index contributed by atoms with van der Waals surface area (Å²) in [6.07, 6.45) is 0.789. The Bertz CT molecular complexity index is 421. The molecule has 1 heterocycles. The number of carbonyl (C=O) groups excluding carboxylic acids is 1. The molecule has 5 nitrogen and oxygen atoms in total. The first-order valence-electron chi connectivity index (χ1n) is 6.39. The monoisotopic (exact) mass is 264 g/mol. The Morgan fingerprint density at radius 1 is 1.42 bits per heavy atom. The van der Waals surface area contributed by atoms with Crippen molar-refractivity contribution in [3.63, 3.8) is 0 Å². The molecule has 0 radical (unpaired) electrons. The highest BCUT2D eigenvalue weighted by Gasteiger charge is 2.44. The van der Waals surface area contributed by atoms with Gasteiger partial charge in [0.05, 0.1) is 20.3 Å². The molecular weight excluding hydrogens is 244 g/mol. The first kappa shape index (κ1) is 13.8. The lowest BCUT2D eigenvalue weighted by atomic mass is 9.85. The third kappa shape index (κ3) is 3.05. The van der Waals surface area contributed by atoms with E-state index in [-0.39, 0.29) is 5.91 Å². The lowest BCUT2D eigenvalue weighted by Crippen LogP contribution is -2.58. The smallest absolute Gasteiger partial charge is 0.232 e. The first-order chi connectivity index (χ1) is 9.20. The van der Waals surface area contributed by atoms with Crippen LogP contribution < -0.4 is 15.8 Å². The summed E-state index contributed by atoms with van der Waals surface area (Å²) in [4.78, 5) is 12.0. The van der Waals surface area contributed by atoms with Crippen molar-refractivity contribution < 1.29 is 14.3 Å². The van der Waals surface area contributed by atoms with Crippen molar-refractivity contribution in [1.29, 1.82) is 0 Å². The van der Waals surface area contributed by atoms with E-state index in [0.29, 0.717) is 26.3 Å². The molecule has 0 saturated carbocycles. The molecule has 0 spiro atoms. The van der Waals surface area contributed by atoms with Crippen LogP contribution in [0, 0.1) is 5.41 Å². The van der Waals surface area contributed by atoms with E-state index in [1.165, 1.54) is 0 Å². The Hall–Kier alpha value is -1.59. The molecule has 1 saturated heterocycles. The zero-order valence-electron chi connectivity index (χ0n) is 11.1. The van der Waals surface area contributed by atoms with Crippen LogP contribution in [-0.4, -0.2) is 39.3 Å². The number of hydrogen-bond acceptors (Lipinski definition) is 4. The second-order valence-corrected chi connectivity index (χ2v) is 4.83. The highest BCUT2D eigenvalue weighted by atomic mass is 16.5. The van der Waals surface area contributed by atoms with Crippen LogP contribution in [-0.2, 0) is 16.0 Å². The van der Waals surface area contributed by atoms with Crippen LogP contribution in [0.3, 0.4) is 0 Å². The number of ether oxygens (including phenoxy) is 2. The average molecular weight is 264 g/mol. The van der Waals surface area contributed by atoms with Crippen LogP contribution in [0.4, 0.5) is 0 Å². The predicted octanol–water partition coefficient (Wildman–Crippen LogP) is 0.329. The van der Waals surface area contributed by atoms with Crippen molar-refractivity contribution in [3.05, 3.63) is 29.8 Å². The topological polar surface area (TPSA) is 73.6 Å². The molecule has 1 aliphatic heterocycles. The van der Waals surface area contributed by atoms with Gasteiger partial charge in [0.25, 0.3) is 0 Å². The van der Waals surface area contributed by atoms with Crippen LogP contribution in [0.1, 0.15) is 5.56 Å². The molecule has 1 fully saturated rings. The minimum atomic E-state index is -0.500. The van der Waals surface area contributed by atoms with Crippen molar-refractivity contribution in [2.45, 2.75) is 6.42 Å². The fourth-order valence-corrected chi connectivity index (χ4v) is 1.99. The van der Waals surface area contributed by atoms with Gasteiger partial charge in [-0.2, -0.15) is 0 Å². The summed E-state index contributed by atoms with van der Waals surface area (Å²) in [5, 5.41) is 2.92. The van der Waals surface area contributed by atoms with E-state index in [1.54, 1.807) is 7.11 Å². The summed E-state index contributed by atoms with van der Waals surface area (Å²) in [5.41, 5.74) is 6.29. The van der Waals surface area contributed by atoms with Crippen molar-refractivity contribution in [2.75, 3.05) is 33.4 Å². The first-order valence-corrected chi connectivity index (χ1v) is 6.39. The van der Waals surface area contributed by atoms with E-state index in [9.17, 15) is 4.79 Å². The molecule has 3 N–H and O–H groups in total. The number of nitrogens with two attached hydrogens (primary N) is 1. The van der Waals surface area contributed by atoms with Gasteiger partial charge in [0, 0.05) is 13.1 Å². The Morgan fingerprint density at radius 2 is 2.11 bits per heavy atom. The predicted molar refractivity (Wildman–Crippen MR) is 72.0 cm³/mol. The second kappa shape index (κ2) is 6.04. The molecule has 1 aromatic carbocycles. The SMILES string of the molecule is COc1ccc(CCNC(=O)C2(CN)COC2)cc1. The number of hydrogen-bond donors (Lipinski definition) is 2. The Labute approximate surface area is 113 Å². The zero-order valence-corrected chi connectivity index (χ0v) is 11.1. The Balaban J connectivity index is 1.78. The van der Waals surface area contributed by atoms with Crippen LogP contribution in [0.5, 0.6) is 5.75 Å². The molecule has 2 rings (SSSR count). The van der Waals surface area contributed by atoms with Gasteiger partial charge >= 0.3 is 0 Å². The van der Waals surface area contributed by atoms with Gasteiger partial charge in [0.2, 0.25) is 5.91 Å². The molecule has 0 unspecified atom stereocenters. The van der Waals surface area contributed by atoms with Crippen molar-refractivity contribution in [3.8, 4) is 5.75 Å². The molecule has 1 aliphatic rings. The molecule has 0 aliphatic carbocycles. The molecule has 0 aromatic heterocycles. The summed E-state index contributed by atoms with van der Waals surface area (Å²) < 4.78 is 10.2. The quantitative estimate of drug-likeness (QED) is 0.776. The van der Waals surface area contributed by atoms with Gasteiger partial charge in [-0.25, -0.2) is 0 Å². The molecular formula is C14H20N2O3. The van der Waals surface area contributed by atoms with E-state index in [2.05, 4.69) is 5.32 Å². The van der Waals surface area contributed by atoms with Crippen LogP contribution in [0.15, 0.2) is 24.3 Å². The average Bonchev–Trinajstić information content (AvgIpc) is 2.39. The second-order valence-electron chi connectivity index (χ2n) is 4.83. The normalized spacial score (nSPS) is 16.5. The Kier molecular flexibility index (Phi) is 4.39. The molecule has 104 valence electrons. The lowest BCUT2D eigenvalue weighted by molar-refractivity contribution is -0.159. The highest BCUT2D eigenvalue weighted by Crippen LogP contribution is 2.25. The van der Waals surface area contributed by atoms with Crippen LogP contribution in [0.2, 0.25) is 0 Å². The van der Waals surface area contributed by atoms with Crippen molar-refractivity contribution in [1.82, 2.24) is 5.32 Å². The number of amides is 1. The number of nitrogens with one attached hydrogen (secondary N) is 1. The maximum Gasteiger partial charge on any atom is 0.232 e. The maximum absolute atomic E-state index is 12.0. The van der Waals surface area contributed by atoms with E-state index in [1.807, 2.05) is 24.3 Å². The van der Waals surface area contributed by atoms with E-state index < -0.39 is 5.41 Å². The number of rotatable bonds is 6. The van der Waals surface area contributed by atoms with Gasteiger partial charge in [0.1, 0.15) is 11.2 Å². The van der Waals surface area contributed by atoms with Gasteiger partial charge in [-0.3, -0.25) is 4.79 Å². The summed E-state index contributed by atoms with van der Waals surface area (Å²) in [6.45, 7) is 1.80. The largest absolute Gasteiger partial charge is 0.497 e.